The highest BCUT2D eigenvalue weighted by atomic mass is 16.5. The molecule has 2 rings (SSSR count). The smallest absolute Gasteiger partial charge is 0.190 e. The fraction of sp³-hybridized carbons (Fsp3) is 0.696. The van der Waals surface area contributed by atoms with E-state index in [1.54, 1.807) is 0 Å². The second-order valence-corrected chi connectivity index (χ2v) is 8.33. The highest BCUT2D eigenvalue weighted by Gasteiger charge is 2.25. The van der Waals surface area contributed by atoms with Crippen LogP contribution in [0.2, 0.25) is 0 Å². The van der Waals surface area contributed by atoms with Crippen LogP contribution in [0.25, 0.3) is 0 Å². The second kappa shape index (κ2) is 13.6. The van der Waals surface area contributed by atoms with Crippen LogP contribution in [0, 0.1) is 5.92 Å². The maximum atomic E-state index is 5.62. The summed E-state index contributed by atoms with van der Waals surface area (Å²) in [5.74, 6) is 1.48. The summed E-state index contributed by atoms with van der Waals surface area (Å²) in [5.41, 5.74) is 1.42. The summed E-state index contributed by atoms with van der Waals surface area (Å²) in [7, 11) is 4.05. The molecule has 6 nitrogen and oxygen atoms in total. The molecule has 2 N–H and O–H groups in total. The highest BCUT2D eigenvalue weighted by molar-refractivity contribution is 5.79. The third-order valence-electron chi connectivity index (χ3n) is 5.23. The van der Waals surface area contributed by atoms with E-state index in [4.69, 9.17) is 4.74 Å². The fourth-order valence-electron chi connectivity index (χ4n) is 3.63. The normalized spacial score (nSPS) is 18.9. The highest BCUT2D eigenvalue weighted by Crippen LogP contribution is 2.24. The molecular weight excluding hydrogens is 362 g/mol. The number of aliphatic imine (C=N–C) groups is 1. The van der Waals surface area contributed by atoms with E-state index in [1.807, 2.05) is 7.05 Å². The van der Waals surface area contributed by atoms with Gasteiger partial charge in [0.2, 0.25) is 0 Å². The van der Waals surface area contributed by atoms with Crippen molar-refractivity contribution in [1.29, 1.82) is 0 Å². The number of rotatable bonds is 11. The zero-order chi connectivity index (χ0) is 20.9. The van der Waals surface area contributed by atoms with Gasteiger partial charge in [-0.25, -0.2) is 0 Å². The van der Waals surface area contributed by atoms with Gasteiger partial charge in [0.25, 0.3) is 0 Å². The lowest BCUT2D eigenvalue weighted by Crippen LogP contribution is -2.47. The molecule has 0 spiro atoms. The second-order valence-electron chi connectivity index (χ2n) is 8.33. The average Bonchev–Trinajstić information content (AvgIpc) is 2.73. The first-order valence-electron chi connectivity index (χ1n) is 11.1. The molecule has 1 saturated heterocycles. The lowest BCUT2D eigenvalue weighted by Gasteiger charge is -2.40. The van der Waals surface area contributed by atoms with Crippen molar-refractivity contribution in [3.05, 3.63) is 35.9 Å². The predicted octanol–water partition coefficient (Wildman–Crippen LogP) is 2.59. The van der Waals surface area contributed by atoms with Crippen LogP contribution in [0.5, 0.6) is 0 Å². The molecule has 1 fully saturated rings. The molecule has 0 saturated carbocycles. The van der Waals surface area contributed by atoms with Crippen molar-refractivity contribution in [3.8, 4) is 0 Å². The number of hydrogen-bond acceptors (Lipinski definition) is 4. The number of guanidine groups is 1. The maximum Gasteiger partial charge on any atom is 0.190 e. The standard InChI is InChI=1S/C23H41N5O/c1-20(2)19-29-17-9-13-26-23(24-3)25-12-8-14-28-16-15-27(4)18-22(28)21-10-6-5-7-11-21/h5-7,10-11,20,22H,8-9,12-19H2,1-4H3,(H2,24,25,26). The van der Waals surface area contributed by atoms with Gasteiger partial charge in [0.1, 0.15) is 0 Å². The lowest BCUT2D eigenvalue weighted by atomic mass is 10.0. The number of ether oxygens (including phenoxy) is 1. The van der Waals surface area contributed by atoms with Gasteiger partial charge >= 0.3 is 0 Å². The van der Waals surface area contributed by atoms with Crippen molar-refractivity contribution in [3.63, 3.8) is 0 Å². The number of piperazine rings is 1. The van der Waals surface area contributed by atoms with E-state index < -0.39 is 0 Å². The maximum absolute atomic E-state index is 5.62. The Labute approximate surface area is 177 Å². The Morgan fingerprint density at radius 1 is 1.14 bits per heavy atom. The number of likely N-dealkylation sites (N-methyl/N-ethyl adjacent to an activating group) is 1. The average molecular weight is 404 g/mol. The minimum Gasteiger partial charge on any atom is -0.381 e. The molecule has 0 amide bonds. The number of hydrogen-bond donors (Lipinski definition) is 2. The molecule has 164 valence electrons. The van der Waals surface area contributed by atoms with Crippen LogP contribution in [-0.2, 0) is 4.74 Å². The molecule has 1 aliphatic heterocycles. The SMILES string of the molecule is CN=C(NCCCOCC(C)C)NCCCN1CCN(C)CC1c1ccccc1. The van der Waals surface area contributed by atoms with Crippen LogP contribution in [0.3, 0.4) is 0 Å². The largest absolute Gasteiger partial charge is 0.381 e. The number of nitrogens with one attached hydrogen (secondary N) is 2. The zero-order valence-corrected chi connectivity index (χ0v) is 18.9. The molecule has 1 unspecified atom stereocenters. The Bertz CT molecular complexity index is 578. The van der Waals surface area contributed by atoms with Gasteiger partial charge in [-0.15, -0.1) is 0 Å². The first-order chi connectivity index (χ1) is 14.1. The van der Waals surface area contributed by atoms with Crippen LogP contribution < -0.4 is 10.6 Å². The Hall–Kier alpha value is -1.63. The molecular formula is C23H41N5O. The van der Waals surface area contributed by atoms with Crippen LogP contribution in [0.4, 0.5) is 0 Å². The van der Waals surface area contributed by atoms with E-state index in [0.29, 0.717) is 12.0 Å². The fourth-order valence-corrected chi connectivity index (χ4v) is 3.63. The summed E-state index contributed by atoms with van der Waals surface area (Å²) in [6.07, 6.45) is 2.10. The molecule has 1 aliphatic rings. The topological polar surface area (TPSA) is 52.1 Å². The van der Waals surface area contributed by atoms with E-state index in [-0.39, 0.29) is 0 Å². The summed E-state index contributed by atoms with van der Waals surface area (Å²) in [6, 6.07) is 11.4. The van der Waals surface area contributed by atoms with Crippen LogP contribution >= 0.6 is 0 Å². The van der Waals surface area contributed by atoms with E-state index in [0.717, 1.165) is 71.3 Å². The molecule has 1 aromatic rings. The zero-order valence-electron chi connectivity index (χ0n) is 18.9. The Morgan fingerprint density at radius 2 is 1.86 bits per heavy atom. The van der Waals surface area contributed by atoms with Gasteiger partial charge in [0, 0.05) is 65.6 Å². The summed E-state index contributed by atoms with van der Waals surface area (Å²) in [4.78, 5) is 9.38. The molecule has 6 heteroatoms. The van der Waals surface area contributed by atoms with Crippen LogP contribution in [0.15, 0.2) is 35.3 Å². The van der Waals surface area contributed by atoms with Gasteiger partial charge in [-0.3, -0.25) is 9.89 Å². The van der Waals surface area contributed by atoms with Gasteiger partial charge in [0.15, 0.2) is 5.96 Å². The molecule has 29 heavy (non-hydrogen) atoms. The van der Waals surface area contributed by atoms with Crippen molar-refractivity contribution >= 4 is 5.96 Å². The first kappa shape index (κ1) is 23.6. The van der Waals surface area contributed by atoms with Gasteiger partial charge < -0.3 is 20.3 Å². The van der Waals surface area contributed by atoms with Gasteiger partial charge in [-0.1, -0.05) is 44.2 Å². The van der Waals surface area contributed by atoms with Gasteiger partial charge in [-0.05, 0) is 31.4 Å². The van der Waals surface area contributed by atoms with Crippen LogP contribution in [0.1, 0.15) is 38.3 Å². The lowest BCUT2D eigenvalue weighted by molar-refractivity contribution is 0.0891. The van der Waals surface area contributed by atoms with Crippen LogP contribution in [-0.4, -0.2) is 82.3 Å². The van der Waals surface area contributed by atoms with Crippen molar-refractivity contribution in [2.45, 2.75) is 32.7 Å². The number of nitrogens with zero attached hydrogens (tertiary/aromatic N) is 3. The number of benzene rings is 1. The Kier molecular flexibility index (Phi) is 11.1. The molecule has 1 heterocycles. The third kappa shape index (κ3) is 9.15. The summed E-state index contributed by atoms with van der Waals surface area (Å²) < 4.78 is 5.62. The van der Waals surface area contributed by atoms with Crippen molar-refractivity contribution in [1.82, 2.24) is 20.4 Å². The summed E-state index contributed by atoms with van der Waals surface area (Å²) in [5, 5.41) is 6.82. The van der Waals surface area contributed by atoms with E-state index in [1.165, 1.54) is 5.56 Å². The van der Waals surface area contributed by atoms with Crippen molar-refractivity contribution < 1.29 is 4.74 Å². The summed E-state index contributed by atoms with van der Waals surface area (Å²) in [6.45, 7) is 12.3. The van der Waals surface area contributed by atoms with Crippen molar-refractivity contribution in [2.24, 2.45) is 10.9 Å². The Balaban J connectivity index is 1.65. The van der Waals surface area contributed by atoms with Crippen molar-refractivity contribution in [2.75, 3.05) is 66.6 Å². The minimum atomic E-state index is 0.484. The molecule has 0 bridgehead atoms. The summed E-state index contributed by atoms with van der Waals surface area (Å²) >= 11 is 0. The molecule has 1 atom stereocenters. The van der Waals surface area contributed by atoms with E-state index >= 15 is 0 Å². The molecule has 0 aromatic heterocycles. The molecule has 0 aliphatic carbocycles. The van der Waals surface area contributed by atoms with Gasteiger partial charge in [-0.2, -0.15) is 0 Å². The van der Waals surface area contributed by atoms with Gasteiger partial charge in [0.05, 0.1) is 0 Å². The monoisotopic (exact) mass is 403 g/mol. The Morgan fingerprint density at radius 3 is 2.55 bits per heavy atom. The van der Waals surface area contributed by atoms with E-state index in [9.17, 15) is 0 Å². The predicted molar refractivity (Wildman–Crippen MR) is 123 cm³/mol. The molecule has 0 radical (unpaired) electrons. The van der Waals surface area contributed by atoms with E-state index in [2.05, 4.69) is 76.7 Å². The molecule has 1 aromatic carbocycles. The first-order valence-corrected chi connectivity index (χ1v) is 11.1. The minimum absolute atomic E-state index is 0.484. The quantitative estimate of drug-likeness (QED) is 0.338. The third-order valence-corrected chi connectivity index (χ3v) is 5.23.